The van der Waals surface area contributed by atoms with Crippen LogP contribution in [0.5, 0.6) is 0 Å². The highest BCUT2D eigenvalue weighted by atomic mass is 32.2. The van der Waals surface area contributed by atoms with E-state index in [1.807, 2.05) is 25.0 Å². The second-order valence-corrected chi connectivity index (χ2v) is 4.77. The summed E-state index contributed by atoms with van der Waals surface area (Å²) < 4.78 is 5.48. The maximum Gasteiger partial charge on any atom is 0.223 e. The predicted octanol–water partition coefficient (Wildman–Crippen LogP) is 1.38. The van der Waals surface area contributed by atoms with Gasteiger partial charge in [0.1, 0.15) is 0 Å². The zero-order valence-corrected chi connectivity index (χ0v) is 9.97. The summed E-state index contributed by atoms with van der Waals surface area (Å²) in [5.41, 5.74) is 0. The fourth-order valence-corrected chi connectivity index (χ4v) is 1.96. The number of thioether (sulfide) groups is 1. The molecule has 82 valence electrons. The Balaban J connectivity index is 2.43. The van der Waals surface area contributed by atoms with E-state index in [1.54, 1.807) is 11.8 Å². The summed E-state index contributed by atoms with van der Waals surface area (Å²) in [4.78, 5) is 13.7. The summed E-state index contributed by atoms with van der Waals surface area (Å²) in [5, 5.41) is 0. The van der Waals surface area contributed by atoms with Crippen LogP contribution in [-0.4, -0.2) is 48.1 Å². The smallest absolute Gasteiger partial charge is 0.223 e. The van der Waals surface area contributed by atoms with Crippen molar-refractivity contribution < 1.29 is 9.53 Å². The zero-order valence-electron chi connectivity index (χ0n) is 9.16. The molecule has 1 amide bonds. The Labute approximate surface area is 90.2 Å². The van der Waals surface area contributed by atoms with Crippen LogP contribution in [0.3, 0.4) is 0 Å². The molecule has 1 rings (SSSR count). The van der Waals surface area contributed by atoms with Gasteiger partial charge in [0.25, 0.3) is 0 Å². The molecule has 14 heavy (non-hydrogen) atoms. The number of carbonyl (C=O) groups is 1. The number of hydrogen-bond donors (Lipinski definition) is 0. The molecule has 0 bridgehead atoms. The fraction of sp³-hybridized carbons (Fsp3) is 0.900. The molecule has 0 N–H and O–H groups in total. The fourth-order valence-electron chi connectivity index (χ4n) is 1.58. The van der Waals surface area contributed by atoms with Crippen molar-refractivity contribution in [1.29, 1.82) is 0 Å². The lowest BCUT2D eigenvalue weighted by Gasteiger charge is -2.36. The minimum absolute atomic E-state index is 0.185. The summed E-state index contributed by atoms with van der Waals surface area (Å²) in [5.74, 6) is 1.18. The van der Waals surface area contributed by atoms with Crippen LogP contribution in [0, 0.1) is 0 Å². The first-order valence-electron chi connectivity index (χ1n) is 5.05. The summed E-state index contributed by atoms with van der Waals surface area (Å²) in [7, 11) is 0. The topological polar surface area (TPSA) is 29.5 Å². The molecule has 1 aliphatic heterocycles. The van der Waals surface area contributed by atoms with Crippen LogP contribution in [0.2, 0.25) is 0 Å². The number of ether oxygens (including phenoxy) is 1. The van der Waals surface area contributed by atoms with Crippen molar-refractivity contribution >= 4 is 17.7 Å². The molecule has 2 atom stereocenters. The molecule has 0 saturated carbocycles. The third-order valence-corrected chi connectivity index (χ3v) is 3.06. The average molecular weight is 217 g/mol. The molecular weight excluding hydrogens is 198 g/mol. The maximum absolute atomic E-state index is 11.8. The lowest BCUT2D eigenvalue weighted by Crippen LogP contribution is -2.50. The van der Waals surface area contributed by atoms with Crippen molar-refractivity contribution in [3.05, 3.63) is 0 Å². The van der Waals surface area contributed by atoms with Gasteiger partial charge in [-0.15, -0.1) is 0 Å². The Kier molecular flexibility index (Phi) is 4.75. The lowest BCUT2D eigenvalue weighted by molar-refractivity contribution is -0.142. The number of amides is 1. The molecule has 0 aromatic rings. The third-order valence-electron chi connectivity index (χ3n) is 2.45. The van der Waals surface area contributed by atoms with Crippen LogP contribution in [0.15, 0.2) is 0 Å². The van der Waals surface area contributed by atoms with E-state index in [2.05, 4.69) is 0 Å². The van der Waals surface area contributed by atoms with E-state index in [0.717, 1.165) is 12.3 Å². The van der Waals surface area contributed by atoms with E-state index < -0.39 is 0 Å². The summed E-state index contributed by atoms with van der Waals surface area (Å²) >= 11 is 1.72. The molecule has 1 saturated heterocycles. The molecule has 1 heterocycles. The Hall–Kier alpha value is -0.220. The largest absolute Gasteiger partial charge is 0.375 e. The van der Waals surface area contributed by atoms with E-state index in [0.29, 0.717) is 13.0 Å². The molecule has 0 aromatic heterocycles. The van der Waals surface area contributed by atoms with E-state index >= 15 is 0 Å². The van der Waals surface area contributed by atoms with Gasteiger partial charge in [-0.3, -0.25) is 4.79 Å². The molecule has 1 fully saturated rings. The molecular formula is C10H19NO2S. The van der Waals surface area contributed by atoms with Crippen LogP contribution >= 0.6 is 11.8 Å². The van der Waals surface area contributed by atoms with Gasteiger partial charge in [-0.25, -0.2) is 0 Å². The second-order valence-electron chi connectivity index (χ2n) is 3.78. The van der Waals surface area contributed by atoms with Gasteiger partial charge in [0.2, 0.25) is 5.91 Å². The first-order valence-corrected chi connectivity index (χ1v) is 6.44. The van der Waals surface area contributed by atoms with Gasteiger partial charge in [0.05, 0.1) is 18.8 Å². The molecule has 4 heteroatoms. The van der Waals surface area contributed by atoms with Crippen LogP contribution < -0.4 is 0 Å². The SMILES string of the molecule is CSCCC(=O)N1C[C@H](C)OC[C@@H]1C. The van der Waals surface area contributed by atoms with Gasteiger partial charge in [0.15, 0.2) is 0 Å². The van der Waals surface area contributed by atoms with Gasteiger partial charge in [-0.1, -0.05) is 0 Å². The maximum atomic E-state index is 11.8. The number of morpholine rings is 1. The average Bonchev–Trinajstić information content (AvgIpc) is 2.18. The van der Waals surface area contributed by atoms with Crippen molar-refractivity contribution in [1.82, 2.24) is 4.90 Å². The van der Waals surface area contributed by atoms with Crippen molar-refractivity contribution in [2.45, 2.75) is 32.4 Å². The van der Waals surface area contributed by atoms with Gasteiger partial charge in [-0.05, 0) is 20.1 Å². The van der Waals surface area contributed by atoms with E-state index in [9.17, 15) is 4.79 Å². The van der Waals surface area contributed by atoms with E-state index in [-0.39, 0.29) is 18.1 Å². The standard InChI is InChI=1S/C10H19NO2S/c1-8-7-13-9(2)6-11(8)10(12)4-5-14-3/h8-9H,4-7H2,1-3H3/t8-,9-/m0/s1. The van der Waals surface area contributed by atoms with Gasteiger partial charge < -0.3 is 9.64 Å². The van der Waals surface area contributed by atoms with Crippen molar-refractivity contribution in [2.75, 3.05) is 25.2 Å². The zero-order chi connectivity index (χ0) is 10.6. The van der Waals surface area contributed by atoms with Crippen LogP contribution in [0.25, 0.3) is 0 Å². The molecule has 0 radical (unpaired) electrons. The van der Waals surface area contributed by atoms with Crippen molar-refractivity contribution in [3.8, 4) is 0 Å². The Bertz CT molecular complexity index is 199. The van der Waals surface area contributed by atoms with Crippen molar-refractivity contribution in [3.63, 3.8) is 0 Å². The van der Waals surface area contributed by atoms with Crippen LogP contribution in [0.4, 0.5) is 0 Å². The Morgan fingerprint density at radius 1 is 1.57 bits per heavy atom. The molecule has 0 unspecified atom stereocenters. The minimum Gasteiger partial charge on any atom is -0.375 e. The molecule has 0 aromatic carbocycles. The number of carbonyl (C=O) groups excluding carboxylic acids is 1. The summed E-state index contributed by atoms with van der Waals surface area (Å²) in [6, 6.07) is 0.237. The van der Waals surface area contributed by atoms with Crippen LogP contribution in [0.1, 0.15) is 20.3 Å². The third kappa shape index (κ3) is 3.17. The molecule has 3 nitrogen and oxygen atoms in total. The molecule has 1 aliphatic rings. The number of nitrogens with zero attached hydrogens (tertiary/aromatic N) is 1. The Morgan fingerprint density at radius 3 is 2.93 bits per heavy atom. The molecule has 0 aliphatic carbocycles. The number of rotatable bonds is 3. The number of hydrogen-bond acceptors (Lipinski definition) is 3. The lowest BCUT2D eigenvalue weighted by atomic mass is 10.2. The van der Waals surface area contributed by atoms with Crippen LogP contribution in [-0.2, 0) is 9.53 Å². The van der Waals surface area contributed by atoms with E-state index in [4.69, 9.17) is 4.74 Å². The van der Waals surface area contributed by atoms with E-state index in [1.165, 1.54) is 0 Å². The first-order chi connectivity index (χ1) is 6.65. The minimum atomic E-state index is 0.185. The van der Waals surface area contributed by atoms with Gasteiger partial charge in [0, 0.05) is 18.7 Å². The van der Waals surface area contributed by atoms with Gasteiger partial charge in [-0.2, -0.15) is 11.8 Å². The summed E-state index contributed by atoms with van der Waals surface area (Å²) in [6.45, 7) is 5.48. The van der Waals surface area contributed by atoms with Crippen molar-refractivity contribution in [2.24, 2.45) is 0 Å². The highest BCUT2D eigenvalue weighted by Crippen LogP contribution is 2.13. The summed E-state index contributed by atoms with van der Waals surface area (Å²) in [6.07, 6.45) is 2.86. The molecule has 0 spiro atoms. The predicted molar refractivity (Wildman–Crippen MR) is 59.6 cm³/mol. The highest BCUT2D eigenvalue weighted by Gasteiger charge is 2.26. The Morgan fingerprint density at radius 2 is 2.29 bits per heavy atom. The second kappa shape index (κ2) is 5.61. The first kappa shape index (κ1) is 11.9. The quantitative estimate of drug-likeness (QED) is 0.715. The highest BCUT2D eigenvalue weighted by molar-refractivity contribution is 7.98. The monoisotopic (exact) mass is 217 g/mol. The van der Waals surface area contributed by atoms with Gasteiger partial charge >= 0.3 is 0 Å². The normalized spacial score (nSPS) is 27.8.